The molecule has 2 N–H and O–H groups in total. The van der Waals surface area contributed by atoms with E-state index < -0.39 is 0 Å². The minimum Gasteiger partial charge on any atom is -0.490 e. The third kappa shape index (κ3) is 3.37. The summed E-state index contributed by atoms with van der Waals surface area (Å²) in [6.45, 7) is 2.64. The molecule has 0 amide bonds. The molecule has 2 rings (SSSR count). The second-order valence-electron chi connectivity index (χ2n) is 4.55. The smallest absolute Gasteiger partial charge is 0.161 e. The molecule has 1 aromatic carbocycles. The summed E-state index contributed by atoms with van der Waals surface area (Å²) in [5.74, 6) is 1.67. The lowest BCUT2D eigenvalue weighted by Crippen LogP contribution is -2.33. The van der Waals surface area contributed by atoms with E-state index >= 15 is 0 Å². The fourth-order valence-corrected chi connectivity index (χ4v) is 2.29. The standard InChI is InChI=1S/C14H21NO2/c1-2-16-13-8-3-4-9-14(13)17-12-7-5-6-11(15)10-12/h3-4,8-9,11-12H,2,5-7,10,15H2,1H3. The molecule has 2 unspecified atom stereocenters. The monoisotopic (exact) mass is 235 g/mol. The van der Waals surface area contributed by atoms with Crippen LogP contribution in [0, 0.1) is 0 Å². The molecule has 1 aromatic rings. The van der Waals surface area contributed by atoms with Gasteiger partial charge < -0.3 is 15.2 Å². The van der Waals surface area contributed by atoms with Gasteiger partial charge in [0.05, 0.1) is 6.61 Å². The largest absolute Gasteiger partial charge is 0.490 e. The normalized spacial score (nSPS) is 24.4. The number of hydrogen-bond acceptors (Lipinski definition) is 3. The summed E-state index contributed by atoms with van der Waals surface area (Å²) in [6.07, 6.45) is 4.55. The van der Waals surface area contributed by atoms with Crippen LogP contribution in [0.25, 0.3) is 0 Å². The van der Waals surface area contributed by atoms with E-state index in [2.05, 4.69) is 0 Å². The summed E-state index contributed by atoms with van der Waals surface area (Å²) in [5, 5.41) is 0. The molecule has 94 valence electrons. The van der Waals surface area contributed by atoms with Crippen LogP contribution < -0.4 is 15.2 Å². The quantitative estimate of drug-likeness (QED) is 0.872. The molecule has 0 spiro atoms. The van der Waals surface area contributed by atoms with E-state index in [1.165, 1.54) is 0 Å². The number of benzene rings is 1. The number of para-hydroxylation sites is 2. The van der Waals surface area contributed by atoms with Crippen LogP contribution in [0.4, 0.5) is 0 Å². The lowest BCUT2D eigenvalue weighted by Gasteiger charge is -2.27. The van der Waals surface area contributed by atoms with Crippen molar-refractivity contribution in [2.75, 3.05) is 6.61 Å². The second-order valence-corrected chi connectivity index (χ2v) is 4.55. The van der Waals surface area contributed by atoms with Crippen LogP contribution in [0.1, 0.15) is 32.6 Å². The first kappa shape index (κ1) is 12.2. The topological polar surface area (TPSA) is 44.5 Å². The maximum Gasteiger partial charge on any atom is 0.161 e. The average molecular weight is 235 g/mol. The Morgan fingerprint density at radius 1 is 1.24 bits per heavy atom. The van der Waals surface area contributed by atoms with Crippen LogP contribution in [0.5, 0.6) is 11.5 Å². The van der Waals surface area contributed by atoms with Crippen molar-refractivity contribution in [2.24, 2.45) is 5.73 Å². The number of ether oxygens (including phenoxy) is 2. The van der Waals surface area contributed by atoms with Crippen molar-refractivity contribution in [1.29, 1.82) is 0 Å². The third-order valence-corrected chi connectivity index (χ3v) is 3.11. The molecule has 1 aliphatic carbocycles. The summed E-state index contributed by atoms with van der Waals surface area (Å²) in [7, 11) is 0. The van der Waals surface area contributed by atoms with Gasteiger partial charge in [0, 0.05) is 6.04 Å². The first-order valence-corrected chi connectivity index (χ1v) is 6.43. The highest BCUT2D eigenvalue weighted by Gasteiger charge is 2.21. The molecule has 0 heterocycles. The molecule has 0 radical (unpaired) electrons. The van der Waals surface area contributed by atoms with E-state index in [1.54, 1.807) is 0 Å². The molecule has 3 heteroatoms. The molecule has 0 aliphatic heterocycles. The molecule has 0 bridgehead atoms. The fraction of sp³-hybridized carbons (Fsp3) is 0.571. The predicted molar refractivity (Wildman–Crippen MR) is 68.5 cm³/mol. The van der Waals surface area contributed by atoms with Gasteiger partial charge in [0.15, 0.2) is 11.5 Å². The Bertz CT molecular complexity index is 354. The second kappa shape index (κ2) is 5.92. The van der Waals surface area contributed by atoms with Crippen LogP contribution in [-0.4, -0.2) is 18.8 Å². The molecule has 1 saturated carbocycles. The fourth-order valence-electron chi connectivity index (χ4n) is 2.29. The van der Waals surface area contributed by atoms with E-state index in [9.17, 15) is 0 Å². The Balaban J connectivity index is 2.01. The molecule has 1 fully saturated rings. The van der Waals surface area contributed by atoms with Crippen LogP contribution in [0.2, 0.25) is 0 Å². The first-order chi connectivity index (χ1) is 8.29. The van der Waals surface area contributed by atoms with Crippen molar-refractivity contribution in [3.05, 3.63) is 24.3 Å². The van der Waals surface area contributed by atoms with Crippen LogP contribution in [0.15, 0.2) is 24.3 Å². The summed E-state index contributed by atoms with van der Waals surface area (Å²) < 4.78 is 11.6. The highest BCUT2D eigenvalue weighted by Crippen LogP contribution is 2.30. The summed E-state index contributed by atoms with van der Waals surface area (Å²) in [4.78, 5) is 0. The van der Waals surface area contributed by atoms with Gasteiger partial charge in [-0.1, -0.05) is 12.1 Å². The summed E-state index contributed by atoms with van der Waals surface area (Å²) >= 11 is 0. The maximum absolute atomic E-state index is 6.00. The van der Waals surface area contributed by atoms with Crippen molar-refractivity contribution in [1.82, 2.24) is 0 Å². The molecular weight excluding hydrogens is 214 g/mol. The van der Waals surface area contributed by atoms with Crippen LogP contribution >= 0.6 is 0 Å². The van der Waals surface area contributed by atoms with Gasteiger partial charge in [-0.15, -0.1) is 0 Å². The van der Waals surface area contributed by atoms with Crippen molar-refractivity contribution in [2.45, 2.75) is 44.8 Å². The van der Waals surface area contributed by atoms with Gasteiger partial charge in [0.25, 0.3) is 0 Å². The van der Waals surface area contributed by atoms with Crippen molar-refractivity contribution in [3.63, 3.8) is 0 Å². The van der Waals surface area contributed by atoms with Crippen molar-refractivity contribution >= 4 is 0 Å². The van der Waals surface area contributed by atoms with Gasteiger partial charge in [0.1, 0.15) is 6.10 Å². The highest BCUT2D eigenvalue weighted by atomic mass is 16.5. The average Bonchev–Trinajstić information content (AvgIpc) is 2.32. The first-order valence-electron chi connectivity index (χ1n) is 6.43. The van der Waals surface area contributed by atoms with Crippen LogP contribution in [-0.2, 0) is 0 Å². The molecule has 2 atom stereocenters. The Labute approximate surface area is 103 Å². The van der Waals surface area contributed by atoms with E-state index in [0.717, 1.165) is 37.2 Å². The van der Waals surface area contributed by atoms with E-state index in [4.69, 9.17) is 15.2 Å². The molecule has 0 aromatic heterocycles. The lowest BCUT2D eigenvalue weighted by molar-refractivity contribution is 0.138. The minimum atomic E-state index is 0.236. The molecule has 0 saturated heterocycles. The third-order valence-electron chi connectivity index (χ3n) is 3.11. The zero-order valence-electron chi connectivity index (χ0n) is 10.4. The van der Waals surface area contributed by atoms with Gasteiger partial charge in [-0.25, -0.2) is 0 Å². The Morgan fingerprint density at radius 2 is 2.00 bits per heavy atom. The zero-order chi connectivity index (χ0) is 12.1. The van der Waals surface area contributed by atoms with E-state index in [0.29, 0.717) is 6.61 Å². The van der Waals surface area contributed by atoms with Gasteiger partial charge in [-0.2, -0.15) is 0 Å². The molecular formula is C14H21NO2. The van der Waals surface area contributed by atoms with E-state index in [-0.39, 0.29) is 12.1 Å². The maximum atomic E-state index is 6.00. The zero-order valence-corrected chi connectivity index (χ0v) is 10.4. The SMILES string of the molecule is CCOc1ccccc1OC1CCCC(N)C1. The van der Waals surface area contributed by atoms with Crippen molar-refractivity contribution < 1.29 is 9.47 Å². The Kier molecular flexibility index (Phi) is 4.26. The summed E-state index contributed by atoms with van der Waals surface area (Å²) in [5.41, 5.74) is 5.96. The Morgan fingerprint density at radius 3 is 2.71 bits per heavy atom. The molecule has 1 aliphatic rings. The van der Waals surface area contributed by atoms with E-state index in [1.807, 2.05) is 31.2 Å². The minimum absolute atomic E-state index is 0.236. The van der Waals surface area contributed by atoms with Gasteiger partial charge >= 0.3 is 0 Å². The number of rotatable bonds is 4. The Hall–Kier alpha value is -1.22. The van der Waals surface area contributed by atoms with Gasteiger partial charge in [-0.3, -0.25) is 0 Å². The number of nitrogens with two attached hydrogens (primary N) is 1. The highest BCUT2D eigenvalue weighted by molar-refractivity contribution is 5.39. The van der Waals surface area contributed by atoms with Gasteiger partial charge in [0.2, 0.25) is 0 Å². The number of hydrogen-bond donors (Lipinski definition) is 1. The van der Waals surface area contributed by atoms with Crippen LogP contribution in [0.3, 0.4) is 0 Å². The lowest BCUT2D eigenvalue weighted by atomic mass is 9.93. The molecule has 17 heavy (non-hydrogen) atoms. The molecule has 3 nitrogen and oxygen atoms in total. The van der Waals surface area contributed by atoms with Gasteiger partial charge in [-0.05, 0) is 44.7 Å². The summed E-state index contributed by atoms with van der Waals surface area (Å²) in [6, 6.07) is 8.13. The predicted octanol–water partition coefficient (Wildman–Crippen LogP) is 2.73. The van der Waals surface area contributed by atoms with Crippen molar-refractivity contribution in [3.8, 4) is 11.5 Å².